The minimum Gasteiger partial charge on any atom is -0.452 e. The summed E-state index contributed by atoms with van der Waals surface area (Å²) in [6.07, 6.45) is -4.73. The number of esters is 1. The molecule has 0 heterocycles. The topological polar surface area (TPSA) is 122 Å². The number of ether oxygens (including phenoxy) is 1. The van der Waals surface area contributed by atoms with Crippen molar-refractivity contribution in [3.63, 3.8) is 0 Å². The highest BCUT2D eigenvalue weighted by Gasteiger charge is 2.33. The lowest BCUT2D eigenvalue weighted by atomic mass is 10.2. The number of amides is 2. The van der Waals surface area contributed by atoms with Gasteiger partial charge in [0.25, 0.3) is 15.9 Å². The lowest BCUT2D eigenvalue weighted by molar-refractivity contribution is -0.137. The van der Waals surface area contributed by atoms with Gasteiger partial charge in [-0.3, -0.25) is 13.9 Å². The van der Waals surface area contributed by atoms with E-state index in [9.17, 15) is 36.0 Å². The molecule has 0 aromatic heterocycles. The molecule has 0 aliphatic carbocycles. The van der Waals surface area contributed by atoms with Crippen LogP contribution in [0.5, 0.6) is 0 Å². The molecule has 0 unspecified atom stereocenters. The third-order valence-corrected chi connectivity index (χ3v) is 8.28. The van der Waals surface area contributed by atoms with Gasteiger partial charge in [0.05, 0.1) is 33.3 Å². The van der Waals surface area contributed by atoms with Crippen LogP contribution in [0.1, 0.15) is 28.4 Å². The Kier molecular flexibility index (Phi) is 10.1. The summed E-state index contributed by atoms with van der Waals surface area (Å²) in [6, 6.07) is 21.5. The fourth-order valence-corrected chi connectivity index (χ4v) is 5.80. The number of halogens is 4. The number of rotatable bonds is 10. The predicted octanol–water partition coefficient (Wildman–Crippen LogP) is 6.51. The number of nitrogens with zero attached hydrogens (tertiary/aromatic N) is 1. The van der Waals surface area contributed by atoms with Crippen LogP contribution >= 0.6 is 11.6 Å². The second kappa shape index (κ2) is 13.8. The first kappa shape index (κ1) is 33.0. The van der Waals surface area contributed by atoms with Gasteiger partial charge in [-0.05, 0) is 60.2 Å². The van der Waals surface area contributed by atoms with E-state index in [1.165, 1.54) is 19.1 Å². The summed E-state index contributed by atoms with van der Waals surface area (Å²) in [5, 5.41) is 4.88. The van der Waals surface area contributed by atoms with Gasteiger partial charge in [0.15, 0.2) is 6.61 Å². The Bertz CT molecular complexity index is 1840. The van der Waals surface area contributed by atoms with Gasteiger partial charge in [-0.15, -0.1) is 0 Å². The maximum Gasteiger partial charge on any atom is 0.416 e. The highest BCUT2D eigenvalue weighted by molar-refractivity contribution is 7.92. The standard InChI is InChI=1S/C31H25ClF3N3O6S/c1-20(39)36-23-10-6-11-24(16-23)37-29(40)19-44-30(41)27-17-26(13-14-28(27)32)45(42,43)38(18-21-7-3-2-4-8-21)25-12-5-9-22(15-25)31(33,34)35/h2-17H,18-19H2,1H3,(H,36,39)(H,37,40). The van der Waals surface area contributed by atoms with E-state index in [1.54, 1.807) is 48.5 Å². The molecular weight excluding hydrogens is 635 g/mol. The van der Waals surface area contributed by atoms with Gasteiger partial charge in [-0.1, -0.05) is 54.1 Å². The molecule has 234 valence electrons. The maximum atomic E-state index is 13.9. The van der Waals surface area contributed by atoms with Crippen LogP contribution in [-0.2, 0) is 37.1 Å². The molecule has 0 saturated heterocycles. The van der Waals surface area contributed by atoms with Crippen molar-refractivity contribution in [1.82, 2.24) is 0 Å². The van der Waals surface area contributed by atoms with Gasteiger partial charge < -0.3 is 15.4 Å². The second-order valence-electron chi connectivity index (χ2n) is 9.57. The zero-order chi connectivity index (χ0) is 32.8. The number of hydrogen-bond acceptors (Lipinski definition) is 6. The molecule has 0 aliphatic heterocycles. The third kappa shape index (κ3) is 8.61. The van der Waals surface area contributed by atoms with Crippen molar-refractivity contribution in [3.8, 4) is 0 Å². The Morgan fingerprint density at radius 1 is 0.844 bits per heavy atom. The summed E-state index contributed by atoms with van der Waals surface area (Å²) in [4.78, 5) is 36.1. The Morgan fingerprint density at radius 3 is 2.18 bits per heavy atom. The molecule has 0 fully saturated rings. The summed E-state index contributed by atoms with van der Waals surface area (Å²) < 4.78 is 74.2. The smallest absolute Gasteiger partial charge is 0.416 e. The zero-order valence-electron chi connectivity index (χ0n) is 23.5. The number of sulfonamides is 1. The molecule has 4 rings (SSSR count). The normalized spacial score (nSPS) is 11.4. The van der Waals surface area contributed by atoms with E-state index in [-0.39, 0.29) is 28.7 Å². The first-order valence-electron chi connectivity index (χ1n) is 13.1. The van der Waals surface area contributed by atoms with Crippen molar-refractivity contribution in [2.45, 2.75) is 24.5 Å². The SMILES string of the molecule is CC(=O)Nc1cccc(NC(=O)COC(=O)c2cc(S(=O)(=O)N(Cc3ccccc3)c3cccc(C(F)(F)F)c3)ccc2Cl)c1. The Hall–Kier alpha value is -4.88. The van der Waals surface area contributed by atoms with E-state index in [0.29, 0.717) is 16.9 Å². The average Bonchev–Trinajstić information content (AvgIpc) is 2.98. The average molecular weight is 660 g/mol. The Morgan fingerprint density at radius 2 is 1.51 bits per heavy atom. The van der Waals surface area contributed by atoms with E-state index in [1.807, 2.05) is 0 Å². The molecule has 0 aliphatic rings. The van der Waals surface area contributed by atoms with Crippen molar-refractivity contribution in [2.24, 2.45) is 0 Å². The van der Waals surface area contributed by atoms with Gasteiger partial charge in [0.2, 0.25) is 5.91 Å². The van der Waals surface area contributed by atoms with Gasteiger partial charge in [-0.2, -0.15) is 13.2 Å². The van der Waals surface area contributed by atoms with Crippen molar-refractivity contribution in [1.29, 1.82) is 0 Å². The summed E-state index contributed by atoms with van der Waals surface area (Å²) in [7, 11) is -4.58. The third-order valence-electron chi connectivity index (χ3n) is 6.18. The van der Waals surface area contributed by atoms with E-state index < -0.39 is 45.1 Å². The van der Waals surface area contributed by atoms with Crippen molar-refractivity contribution in [2.75, 3.05) is 21.5 Å². The molecule has 4 aromatic carbocycles. The number of carbonyl (C=O) groups excluding carboxylic acids is 3. The number of hydrogen-bond donors (Lipinski definition) is 2. The molecule has 2 amide bonds. The van der Waals surface area contributed by atoms with Crippen molar-refractivity contribution in [3.05, 3.63) is 119 Å². The Labute approximate surface area is 261 Å². The number of alkyl halides is 3. The molecular formula is C31H25ClF3N3O6S. The molecule has 0 saturated carbocycles. The number of benzene rings is 4. The molecule has 4 aromatic rings. The van der Waals surface area contributed by atoms with Crippen LogP contribution in [0.3, 0.4) is 0 Å². The molecule has 0 atom stereocenters. The van der Waals surface area contributed by atoms with E-state index in [0.717, 1.165) is 40.7 Å². The largest absolute Gasteiger partial charge is 0.452 e. The van der Waals surface area contributed by atoms with Crippen molar-refractivity contribution >= 4 is 56.5 Å². The molecule has 0 bridgehead atoms. The van der Waals surface area contributed by atoms with Crippen LogP contribution < -0.4 is 14.9 Å². The highest BCUT2D eigenvalue weighted by Crippen LogP contribution is 2.34. The first-order valence-corrected chi connectivity index (χ1v) is 14.9. The van der Waals surface area contributed by atoms with Crippen LogP contribution in [0.2, 0.25) is 5.02 Å². The van der Waals surface area contributed by atoms with E-state index in [2.05, 4.69) is 10.6 Å². The van der Waals surface area contributed by atoms with Crippen LogP contribution in [-0.4, -0.2) is 32.8 Å². The second-order valence-corrected chi connectivity index (χ2v) is 11.8. The van der Waals surface area contributed by atoms with Gasteiger partial charge in [0, 0.05) is 18.3 Å². The quantitative estimate of drug-likeness (QED) is 0.187. The lowest BCUT2D eigenvalue weighted by Gasteiger charge is -2.26. The summed E-state index contributed by atoms with van der Waals surface area (Å²) >= 11 is 6.17. The van der Waals surface area contributed by atoms with Crippen LogP contribution in [0.4, 0.5) is 30.2 Å². The van der Waals surface area contributed by atoms with Crippen LogP contribution in [0, 0.1) is 0 Å². The minimum atomic E-state index is -4.73. The molecule has 0 radical (unpaired) electrons. The van der Waals surface area contributed by atoms with Crippen molar-refractivity contribution < 1.29 is 40.7 Å². The molecule has 45 heavy (non-hydrogen) atoms. The van der Waals surface area contributed by atoms with Gasteiger partial charge in [-0.25, -0.2) is 13.2 Å². The fourth-order valence-electron chi connectivity index (χ4n) is 4.13. The molecule has 2 N–H and O–H groups in total. The minimum absolute atomic E-state index is 0.184. The highest BCUT2D eigenvalue weighted by atomic mass is 35.5. The predicted molar refractivity (Wildman–Crippen MR) is 162 cm³/mol. The monoisotopic (exact) mass is 659 g/mol. The maximum absolute atomic E-state index is 13.9. The fraction of sp³-hybridized carbons (Fsp3) is 0.129. The zero-order valence-corrected chi connectivity index (χ0v) is 25.0. The summed E-state index contributed by atoms with van der Waals surface area (Å²) in [5.41, 5.74) is -0.474. The van der Waals surface area contributed by atoms with Gasteiger partial charge >= 0.3 is 12.1 Å². The summed E-state index contributed by atoms with van der Waals surface area (Å²) in [6.45, 7) is 0.235. The first-order chi connectivity index (χ1) is 21.2. The van der Waals surface area contributed by atoms with Crippen LogP contribution in [0.15, 0.2) is 102 Å². The lowest BCUT2D eigenvalue weighted by Crippen LogP contribution is -2.31. The molecule has 14 heteroatoms. The van der Waals surface area contributed by atoms with E-state index >= 15 is 0 Å². The summed E-state index contributed by atoms with van der Waals surface area (Å²) in [5.74, 6) is -2.17. The number of carbonyl (C=O) groups is 3. The van der Waals surface area contributed by atoms with Crippen LogP contribution in [0.25, 0.3) is 0 Å². The van der Waals surface area contributed by atoms with Gasteiger partial charge in [0.1, 0.15) is 0 Å². The number of anilines is 3. The molecule has 9 nitrogen and oxygen atoms in total. The Balaban J connectivity index is 1.58. The van der Waals surface area contributed by atoms with E-state index in [4.69, 9.17) is 16.3 Å². The number of nitrogens with one attached hydrogen (secondary N) is 2. The molecule has 0 spiro atoms.